The second-order valence-electron chi connectivity index (χ2n) is 12.3. The predicted molar refractivity (Wildman–Crippen MR) is 159 cm³/mol. The number of carbonyl (C=O) groups is 3. The number of benzene rings is 2. The molecule has 0 radical (unpaired) electrons. The highest BCUT2D eigenvalue weighted by atomic mass is 16.6. The zero-order valence-corrected chi connectivity index (χ0v) is 25.4. The number of nitrogens with two attached hydrogens (primary N) is 1. The van der Waals surface area contributed by atoms with Crippen molar-refractivity contribution in [2.45, 2.75) is 80.9 Å². The van der Waals surface area contributed by atoms with Crippen LogP contribution in [0.25, 0.3) is 0 Å². The Morgan fingerprint density at radius 1 is 1.16 bits per heavy atom. The standard InChI is InChI=1S/C33H39N3O8/c1-18(35-29(37)22(34)16-20-8-6-5-7-9-20)30(38)42-19(2)31(39)43-24-12-13-33(40)25-17-21-10-11-23(41-4)27-26(21)32(33,28(24)44-27)14-15-36(25)3/h5-12,18-19,22,25,28,40H,13-17,34H2,1-4H3,(H,35,37)/t18-,19-,22-,25-,28-,32-,33+/m0/s1. The van der Waals surface area contributed by atoms with Crippen LogP contribution in [0.1, 0.15) is 43.4 Å². The van der Waals surface area contributed by atoms with Crippen LogP contribution in [-0.2, 0) is 42.1 Å². The summed E-state index contributed by atoms with van der Waals surface area (Å²) in [6.45, 7) is 3.60. The summed E-state index contributed by atoms with van der Waals surface area (Å²) in [7, 11) is 3.59. The molecule has 2 heterocycles. The van der Waals surface area contributed by atoms with Gasteiger partial charge in [-0.2, -0.15) is 0 Å². The van der Waals surface area contributed by atoms with E-state index in [1.54, 1.807) is 13.2 Å². The van der Waals surface area contributed by atoms with Gasteiger partial charge in [-0.25, -0.2) is 9.59 Å². The summed E-state index contributed by atoms with van der Waals surface area (Å²) in [5.41, 5.74) is 6.96. The molecule has 2 aromatic carbocycles. The SMILES string of the molecule is COc1ccc2c3c1O[C@H]1C(OC(=O)[C@H](C)OC(=O)[C@H](C)NC(=O)[C@@H](N)Cc4ccccc4)=CC[C@@]4(O)[C@H](C2)N(C)CC[C@]314. The average molecular weight is 606 g/mol. The summed E-state index contributed by atoms with van der Waals surface area (Å²) in [6.07, 6.45) is 1.50. The second-order valence-corrected chi connectivity index (χ2v) is 12.3. The van der Waals surface area contributed by atoms with E-state index in [-0.39, 0.29) is 18.2 Å². The zero-order chi connectivity index (χ0) is 31.4. The molecule has 6 rings (SSSR count). The summed E-state index contributed by atoms with van der Waals surface area (Å²) in [5, 5.41) is 14.9. The number of nitrogens with one attached hydrogen (secondary N) is 1. The van der Waals surface area contributed by atoms with E-state index in [0.717, 1.165) is 23.2 Å². The van der Waals surface area contributed by atoms with Crippen LogP contribution in [0.5, 0.6) is 11.5 Å². The van der Waals surface area contributed by atoms with Gasteiger partial charge in [0.05, 0.1) is 24.2 Å². The van der Waals surface area contributed by atoms with Crippen molar-refractivity contribution in [2.24, 2.45) is 5.73 Å². The van der Waals surface area contributed by atoms with E-state index in [2.05, 4.69) is 10.2 Å². The quantitative estimate of drug-likeness (QED) is 0.359. The number of likely N-dealkylation sites (N-methyl/N-ethyl adjacent to an activating group) is 1. The third-order valence-electron chi connectivity index (χ3n) is 9.75. The number of amides is 1. The van der Waals surface area contributed by atoms with Crippen molar-refractivity contribution in [3.63, 3.8) is 0 Å². The summed E-state index contributed by atoms with van der Waals surface area (Å²) in [4.78, 5) is 40.8. The summed E-state index contributed by atoms with van der Waals surface area (Å²) in [6, 6.07) is 11.2. The van der Waals surface area contributed by atoms with E-state index in [4.69, 9.17) is 24.7 Å². The highest BCUT2D eigenvalue weighted by molar-refractivity contribution is 5.88. The topological polar surface area (TPSA) is 150 Å². The van der Waals surface area contributed by atoms with Crippen LogP contribution < -0.4 is 20.5 Å². The number of ether oxygens (including phenoxy) is 4. The minimum absolute atomic E-state index is 0.139. The van der Waals surface area contributed by atoms with Gasteiger partial charge < -0.3 is 40.0 Å². The molecule has 0 aromatic heterocycles. The summed E-state index contributed by atoms with van der Waals surface area (Å²) >= 11 is 0. The molecule has 0 unspecified atom stereocenters. The Morgan fingerprint density at radius 3 is 2.64 bits per heavy atom. The number of piperidine rings is 1. The third-order valence-corrected chi connectivity index (χ3v) is 9.75. The molecule has 11 nitrogen and oxygen atoms in total. The second kappa shape index (κ2) is 11.2. The van der Waals surface area contributed by atoms with Crippen molar-refractivity contribution >= 4 is 17.8 Å². The third kappa shape index (κ3) is 4.65. The molecule has 2 aliphatic heterocycles. The first-order valence-corrected chi connectivity index (χ1v) is 15.0. The van der Waals surface area contributed by atoms with Crippen molar-refractivity contribution in [1.29, 1.82) is 0 Å². The van der Waals surface area contributed by atoms with E-state index in [9.17, 15) is 19.5 Å². The Morgan fingerprint density at radius 2 is 1.91 bits per heavy atom. The highest BCUT2D eigenvalue weighted by Crippen LogP contribution is 2.65. The molecule has 1 saturated heterocycles. The number of methoxy groups -OCH3 is 1. The Hall–Kier alpha value is -3.93. The normalized spacial score (nSPS) is 28.4. The van der Waals surface area contributed by atoms with Gasteiger partial charge in [0.2, 0.25) is 5.91 Å². The zero-order valence-electron chi connectivity index (χ0n) is 25.4. The van der Waals surface area contributed by atoms with Gasteiger partial charge in [0.1, 0.15) is 11.8 Å². The lowest BCUT2D eigenvalue weighted by Crippen LogP contribution is -2.74. The highest BCUT2D eigenvalue weighted by Gasteiger charge is 2.72. The molecule has 4 N–H and O–H groups in total. The molecule has 44 heavy (non-hydrogen) atoms. The fraction of sp³-hybridized carbons (Fsp3) is 0.485. The minimum atomic E-state index is -1.27. The van der Waals surface area contributed by atoms with E-state index >= 15 is 0 Å². The first kappa shape index (κ1) is 30.1. The maximum absolute atomic E-state index is 13.3. The monoisotopic (exact) mass is 605 g/mol. The van der Waals surface area contributed by atoms with Crippen molar-refractivity contribution in [3.05, 3.63) is 71.0 Å². The van der Waals surface area contributed by atoms with Gasteiger partial charge in [0.15, 0.2) is 23.7 Å². The van der Waals surface area contributed by atoms with E-state index in [1.807, 2.05) is 49.5 Å². The first-order chi connectivity index (χ1) is 21.0. The Labute approximate surface area is 256 Å². The van der Waals surface area contributed by atoms with Gasteiger partial charge >= 0.3 is 11.9 Å². The molecular weight excluding hydrogens is 566 g/mol. The van der Waals surface area contributed by atoms with Crippen LogP contribution in [-0.4, -0.2) is 84.5 Å². The Balaban J connectivity index is 1.14. The lowest BCUT2D eigenvalue weighted by atomic mass is 9.50. The lowest BCUT2D eigenvalue weighted by Gasteiger charge is -2.61. The number of carbonyl (C=O) groups excluding carboxylic acids is 3. The van der Waals surface area contributed by atoms with Crippen LogP contribution >= 0.6 is 0 Å². The molecule has 1 spiro atoms. The molecule has 1 amide bonds. The van der Waals surface area contributed by atoms with Crippen LogP contribution in [0.15, 0.2) is 54.3 Å². The van der Waals surface area contributed by atoms with Crippen molar-refractivity contribution in [1.82, 2.24) is 10.2 Å². The van der Waals surface area contributed by atoms with E-state index < -0.39 is 53.2 Å². The first-order valence-electron chi connectivity index (χ1n) is 15.0. The number of rotatable bonds is 9. The smallest absolute Gasteiger partial charge is 0.352 e. The lowest BCUT2D eigenvalue weighted by molar-refractivity contribution is -0.176. The molecule has 2 aliphatic carbocycles. The molecule has 7 atom stereocenters. The van der Waals surface area contributed by atoms with Gasteiger partial charge in [-0.05, 0) is 70.0 Å². The predicted octanol–water partition coefficient (Wildman–Crippen LogP) is 1.52. The molecule has 2 bridgehead atoms. The number of esters is 2. The van der Waals surface area contributed by atoms with Gasteiger partial charge in [0, 0.05) is 18.0 Å². The molecule has 0 saturated carbocycles. The van der Waals surface area contributed by atoms with Crippen LogP contribution in [0.2, 0.25) is 0 Å². The number of nitrogens with zero attached hydrogens (tertiary/aromatic N) is 1. The van der Waals surface area contributed by atoms with Crippen LogP contribution in [0.4, 0.5) is 0 Å². The van der Waals surface area contributed by atoms with Gasteiger partial charge in [-0.1, -0.05) is 36.4 Å². The van der Waals surface area contributed by atoms with Crippen molar-refractivity contribution < 1.29 is 38.4 Å². The molecule has 1 fully saturated rings. The maximum atomic E-state index is 13.3. The fourth-order valence-corrected chi connectivity index (χ4v) is 7.45. The molecule has 11 heteroatoms. The number of aliphatic hydroxyl groups is 1. The Kier molecular flexibility index (Phi) is 7.67. The fourth-order valence-electron chi connectivity index (χ4n) is 7.45. The number of hydrogen-bond acceptors (Lipinski definition) is 10. The van der Waals surface area contributed by atoms with Gasteiger partial charge in [-0.15, -0.1) is 0 Å². The molecule has 234 valence electrons. The largest absolute Gasteiger partial charge is 0.493 e. The van der Waals surface area contributed by atoms with E-state index in [0.29, 0.717) is 30.8 Å². The van der Waals surface area contributed by atoms with Gasteiger partial charge in [0.25, 0.3) is 0 Å². The van der Waals surface area contributed by atoms with Crippen LogP contribution in [0, 0.1) is 0 Å². The maximum Gasteiger partial charge on any atom is 0.352 e. The molecular formula is C33H39N3O8. The van der Waals surface area contributed by atoms with Gasteiger partial charge in [-0.3, -0.25) is 4.79 Å². The summed E-state index contributed by atoms with van der Waals surface area (Å²) in [5.74, 6) is -0.716. The molecule has 4 aliphatic rings. The number of likely N-dealkylation sites (tertiary alicyclic amines) is 1. The summed E-state index contributed by atoms with van der Waals surface area (Å²) < 4.78 is 23.4. The average Bonchev–Trinajstić information content (AvgIpc) is 3.36. The van der Waals surface area contributed by atoms with Crippen molar-refractivity contribution in [2.75, 3.05) is 20.7 Å². The minimum Gasteiger partial charge on any atom is -0.493 e. The molecule has 2 aromatic rings. The van der Waals surface area contributed by atoms with E-state index in [1.165, 1.54) is 13.8 Å². The Bertz CT molecular complexity index is 1510. The van der Waals surface area contributed by atoms with Crippen LogP contribution in [0.3, 0.4) is 0 Å². The van der Waals surface area contributed by atoms with Crippen molar-refractivity contribution in [3.8, 4) is 11.5 Å². The number of hydrogen-bond donors (Lipinski definition) is 3.